The Morgan fingerprint density at radius 1 is 1.06 bits per heavy atom. The van der Waals surface area contributed by atoms with E-state index in [0.717, 1.165) is 16.2 Å². The molecule has 18 heavy (non-hydrogen) atoms. The fourth-order valence-electron chi connectivity index (χ4n) is 1.48. The van der Waals surface area contributed by atoms with Crippen molar-refractivity contribution >= 4 is 33.2 Å². The molecule has 1 nitrogen and oxygen atoms in total. The molecule has 0 fully saturated rings. The van der Waals surface area contributed by atoms with E-state index in [0.29, 0.717) is 17.1 Å². The van der Waals surface area contributed by atoms with E-state index in [4.69, 9.17) is 11.6 Å². The highest BCUT2D eigenvalue weighted by Gasteiger charge is 2.04. The van der Waals surface area contributed by atoms with Gasteiger partial charge in [-0.3, -0.25) is 0 Å². The molecule has 0 atom stereocenters. The molecular formula is C13H9BrClF2N. The maximum absolute atomic E-state index is 13.0. The molecule has 0 aliphatic rings. The maximum atomic E-state index is 13.0. The smallest absolute Gasteiger partial charge is 0.159 e. The van der Waals surface area contributed by atoms with E-state index in [1.165, 1.54) is 12.1 Å². The highest BCUT2D eigenvalue weighted by Crippen LogP contribution is 2.26. The fourth-order valence-corrected chi connectivity index (χ4v) is 2.30. The largest absolute Gasteiger partial charge is 0.380 e. The molecule has 0 spiro atoms. The highest BCUT2D eigenvalue weighted by atomic mass is 79.9. The first kappa shape index (κ1) is 13.3. The average molecular weight is 333 g/mol. The fraction of sp³-hybridized carbons (Fsp3) is 0.0769. The van der Waals surface area contributed by atoms with Crippen molar-refractivity contribution in [3.63, 3.8) is 0 Å². The Hall–Kier alpha value is -1.13. The lowest BCUT2D eigenvalue weighted by Crippen LogP contribution is -2.01. The first-order valence-corrected chi connectivity index (χ1v) is 6.36. The van der Waals surface area contributed by atoms with Gasteiger partial charge in [-0.15, -0.1) is 0 Å². The lowest BCUT2D eigenvalue weighted by Gasteiger charge is -2.09. The number of nitrogens with one attached hydrogen (secondary N) is 1. The molecule has 0 aliphatic heterocycles. The van der Waals surface area contributed by atoms with Crippen molar-refractivity contribution in [2.45, 2.75) is 6.54 Å². The van der Waals surface area contributed by atoms with Gasteiger partial charge in [0.25, 0.3) is 0 Å². The monoisotopic (exact) mass is 331 g/mol. The van der Waals surface area contributed by atoms with Gasteiger partial charge < -0.3 is 5.32 Å². The molecule has 0 aromatic heterocycles. The molecule has 2 aromatic carbocycles. The minimum absolute atomic E-state index is 0.400. The van der Waals surface area contributed by atoms with Gasteiger partial charge in [-0.25, -0.2) is 8.78 Å². The Kier molecular flexibility index (Phi) is 4.19. The minimum atomic E-state index is -0.843. The van der Waals surface area contributed by atoms with E-state index < -0.39 is 11.6 Å². The van der Waals surface area contributed by atoms with E-state index in [1.807, 2.05) is 6.07 Å². The standard InChI is InChI=1S/C13H9BrClF2N/c14-10-6-9(15)2-4-13(10)18-7-8-1-3-11(16)12(17)5-8/h1-6,18H,7H2. The molecule has 0 unspecified atom stereocenters. The average Bonchev–Trinajstić information content (AvgIpc) is 2.32. The molecule has 0 aliphatic carbocycles. The van der Waals surface area contributed by atoms with Crippen LogP contribution in [0.2, 0.25) is 5.02 Å². The summed E-state index contributed by atoms with van der Waals surface area (Å²) < 4.78 is 26.6. The Morgan fingerprint density at radius 2 is 1.83 bits per heavy atom. The molecule has 0 radical (unpaired) electrons. The molecule has 94 valence electrons. The minimum Gasteiger partial charge on any atom is -0.380 e. The van der Waals surface area contributed by atoms with Gasteiger partial charge in [-0.2, -0.15) is 0 Å². The molecule has 0 heterocycles. The van der Waals surface area contributed by atoms with E-state index in [2.05, 4.69) is 21.2 Å². The van der Waals surface area contributed by atoms with Crippen molar-refractivity contribution in [2.24, 2.45) is 0 Å². The van der Waals surface area contributed by atoms with Crippen molar-refractivity contribution in [1.82, 2.24) is 0 Å². The normalized spacial score (nSPS) is 10.4. The van der Waals surface area contributed by atoms with Gasteiger partial charge in [0, 0.05) is 21.7 Å². The van der Waals surface area contributed by atoms with Crippen LogP contribution in [0.4, 0.5) is 14.5 Å². The third-order valence-electron chi connectivity index (χ3n) is 2.40. The Labute approximate surface area is 117 Å². The maximum Gasteiger partial charge on any atom is 0.159 e. The first-order chi connectivity index (χ1) is 8.56. The predicted molar refractivity (Wildman–Crippen MR) is 72.8 cm³/mol. The van der Waals surface area contributed by atoms with Crippen molar-refractivity contribution in [1.29, 1.82) is 0 Å². The van der Waals surface area contributed by atoms with Crippen LogP contribution in [-0.4, -0.2) is 0 Å². The molecule has 0 bridgehead atoms. The summed E-state index contributed by atoms with van der Waals surface area (Å²) in [5.41, 5.74) is 1.50. The van der Waals surface area contributed by atoms with Crippen LogP contribution in [0.1, 0.15) is 5.56 Å². The Balaban J connectivity index is 2.09. The second-order valence-corrected chi connectivity index (χ2v) is 5.02. The van der Waals surface area contributed by atoms with E-state index in [1.54, 1.807) is 12.1 Å². The summed E-state index contributed by atoms with van der Waals surface area (Å²) in [5.74, 6) is -1.68. The van der Waals surface area contributed by atoms with Crippen LogP contribution in [0.25, 0.3) is 0 Å². The van der Waals surface area contributed by atoms with Crippen molar-refractivity contribution in [3.05, 3.63) is 63.1 Å². The van der Waals surface area contributed by atoms with Crippen LogP contribution in [0, 0.1) is 11.6 Å². The molecule has 0 saturated heterocycles. The van der Waals surface area contributed by atoms with Gasteiger partial charge in [0.15, 0.2) is 11.6 Å². The van der Waals surface area contributed by atoms with Gasteiger partial charge >= 0.3 is 0 Å². The molecular weight excluding hydrogens is 324 g/mol. The summed E-state index contributed by atoms with van der Waals surface area (Å²) in [6.45, 7) is 0.400. The number of hydrogen-bond acceptors (Lipinski definition) is 1. The van der Waals surface area contributed by atoms with E-state index in [-0.39, 0.29) is 0 Å². The van der Waals surface area contributed by atoms with Crippen LogP contribution in [0.15, 0.2) is 40.9 Å². The van der Waals surface area contributed by atoms with Crippen LogP contribution in [0.5, 0.6) is 0 Å². The van der Waals surface area contributed by atoms with Gasteiger partial charge in [-0.05, 0) is 51.8 Å². The number of halogens is 4. The zero-order chi connectivity index (χ0) is 13.1. The van der Waals surface area contributed by atoms with Crippen molar-refractivity contribution in [2.75, 3.05) is 5.32 Å². The molecule has 0 saturated carbocycles. The third-order valence-corrected chi connectivity index (χ3v) is 3.29. The van der Waals surface area contributed by atoms with Gasteiger partial charge in [0.1, 0.15) is 0 Å². The quantitative estimate of drug-likeness (QED) is 0.834. The summed E-state index contributed by atoms with van der Waals surface area (Å²) in [6, 6.07) is 9.14. The summed E-state index contributed by atoms with van der Waals surface area (Å²) in [7, 11) is 0. The Morgan fingerprint density at radius 3 is 2.50 bits per heavy atom. The summed E-state index contributed by atoms with van der Waals surface area (Å²) in [4.78, 5) is 0. The SMILES string of the molecule is Fc1ccc(CNc2ccc(Cl)cc2Br)cc1F. The number of hydrogen-bond donors (Lipinski definition) is 1. The van der Waals surface area contributed by atoms with Crippen LogP contribution in [0.3, 0.4) is 0 Å². The number of anilines is 1. The summed E-state index contributed by atoms with van der Waals surface area (Å²) in [5, 5.41) is 3.73. The molecule has 1 N–H and O–H groups in total. The van der Waals surface area contributed by atoms with Gasteiger partial charge in [0.2, 0.25) is 0 Å². The molecule has 2 rings (SSSR count). The summed E-state index contributed by atoms with van der Waals surface area (Å²) in [6.07, 6.45) is 0. The van der Waals surface area contributed by atoms with E-state index in [9.17, 15) is 8.78 Å². The predicted octanol–water partition coefficient (Wildman–Crippen LogP) is 4.99. The van der Waals surface area contributed by atoms with Gasteiger partial charge in [-0.1, -0.05) is 17.7 Å². The highest BCUT2D eigenvalue weighted by molar-refractivity contribution is 9.10. The van der Waals surface area contributed by atoms with Crippen molar-refractivity contribution in [3.8, 4) is 0 Å². The lowest BCUT2D eigenvalue weighted by atomic mass is 10.2. The molecule has 0 amide bonds. The summed E-state index contributed by atoms with van der Waals surface area (Å²) >= 11 is 9.19. The Bertz CT molecular complexity index is 575. The van der Waals surface area contributed by atoms with Crippen molar-refractivity contribution < 1.29 is 8.78 Å². The first-order valence-electron chi connectivity index (χ1n) is 5.19. The lowest BCUT2D eigenvalue weighted by molar-refractivity contribution is 0.507. The van der Waals surface area contributed by atoms with Crippen LogP contribution >= 0.6 is 27.5 Å². The molecule has 5 heteroatoms. The van der Waals surface area contributed by atoms with E-state index >= 15 is 0 Å². The third kappa shape index (κ3) is 3.21. The van der Waals surface area contributed by atoms with Crippen LogP contribution < -0.4 is 5.32 Å². The topological polar surface area (TPSA) is 12.0 Å². The zero-order valence-electron chi connectivity index (χ0n) is 9.18. The second-order valence-electron chi connectivity index (χ2n) is 3.73. The second kappa shape index (κ2) is 5.67. The number of rotatable bonds is 3. The molecule has 2 aromatic rings. The number of benzene rings is 2. The zero-order valence-corrected chi connectivity index (χ0v) is 11.5. The van der Waals surface area contributed by atoms with Crippen LogP contribution in [-0.2, 0) is 6.54 Å². The van der Waals surface area contributed by atoms with Gasteiger partial charge in [0.05, 0.1) is 0 Å².